The van der Waals surface area contributed by atoms with Crippen molar-refractivity contribution in [2.45, 2.75) is 5.03 Å². The van der Waals surface area contributed by atoms with Crippen molar-refractivity contribution in [3.05, 3.63) is 30.3 Å². The van der Waals surface area contributed by atoms with E-state index in [1.807, 2.05) is 6.07 Å². The molecular weight excluding hydrogens is 287 g/mol. The molecule has 3 rings (SSSR count). The maximum absolute atomic E-state index is 13.8. The smallest absolute Gasteiger partial charge is 0.313 e. The van der Waals surface area contributed by atoms with Gasteiger partial charge in [-0.05, 0) is 12.1 Å². The normalized spacial score (nSPS) is 11.2. The second-order valence-corrected chi connectivity index (χ2v) is 5.77. The molecule has 0 aliphatic carbocycles. The molecule has 19 heavy (non-hydrogen) atoms. The van der Waals surface area contributed by atoms with Gasteiger partial charge < -0.3 is 5.11 Å². The van der Waals surface area contributed by atoms with Crippen LogP contribution in [0.4, 0.5) is 4.39 Å². The predicted molar refractivity (Wildman–Crippen MR) is 73.2 cm³/mol. The third kappa shape index (κ3) is 2.15. The van der Waals surface area contributed by atoms with Gasteiger partial charge in [-0.2, -0.15) is 0 Å². The summed E-state index contributed by atoms with van der Waals surface area (Å²) in [7, 11) is 0. The summed E-state index contributed by atoms with van der Waals surface area (Å²) < 4.78 is 15.4. The number of aromatic nitrogens is 2. The first-order chi connectivity index (χ1) is 9.16. The third-order valence-corrected chi connectivity index (χ3v) is 4.78. The molecular formula is C12H7FN2O2S2. The Morgan fingerprint density at radius 1 is 1.42 bits per heavy atom. The molecule has 0 aliphatic rings. The van der Waals surface area contributed by atoms with Crippen molar-refractivity contribution in [1.82, 2.24) is 9.97 Å². The molecule has 0 unspecified atom stereocenters. The van der Waals surface area contributed by atoms with E-state index in [0.717, 1.165) is 21.2 Å². The van der Waals surface area contributed by atoms with Crippen LogP contribution in [-0.2, 0) is 4.79 Å². The molecule has 0 amide bonds. The minimum atomic E-state index is -0.913. The summed E-state index contributed by atoms with van der Waals surface area (Å²) in [4.78, 5) is 18.8. The molecule has 0 radical (unpaired) electrons. The van der Waals surface area contributed by atoms with Crippen LogP contribution in [0.5, 0.6) is 0 Å². The number of hydrogen-bond donors (Lipinski definition) is 1. The topological polar surface area (TPSA) is 63.1 Å². The first-order valence-electron chi connectivity index (χ1n) is 5.33. The van der Waals surface area contributed by atoms with Crippen LogP contribution in [0.3, 0.4) is 0 Å². The number of fused-ring (bicyclic) bond motifs is 3. The van der Waals surface area contributed by atoms with Gasteiger partial charge in [0.05, 0.1) is 21.4 Å². The molecule has 0 saturated heterocycles. The average molecular weight is 294 g/mol. The van der Waals surface area contributed by atoms with Gasteiger partial charge >= 0.3 is 5.97 Å². The highest BCUT2D eigenvalue weighted by atomic mass is 32.2. The Hall–Kier alpha value is -1.73. The van der Waals surface area contributed by atoms with Gasteiger partial charge in [-0.1, -0.05) is 17.8 Å². The molecule has 4 nitrogen and oxygen atoms in total. The largest absolute Gasteiger partial charge is 0.481 e. The Morgan fingerprint density at radius 2 is 2.26 bits per heavy atom. The Kier molecular flexibility index (Phi) is 3.08. The fourth-order valence-corrected chi connectivity index (χ4v) is 3.76. The molecule has 0 saturated carbocycles. The molecule has 1 N–H and O–H groups in total. The van der Waals surface area contributed by atoms with Crippen LogP contribution in [0.2, 0.25) is 0 Å². The summed E-state index contributed by atoms with van der Waals surface area (Å²) in [5.74, 6) is -1.32. The van der Waals surface area contributed by atoms with Crippen LogP contribution in [0, 0.1) is 5.82 Å². The highest BCUT2D eigenvalue weighted by Gasteiger charge is 2.15. The molecule has 0 spiro atoms. The van der Waals surface area contributed by atoms with Crippen LogP contribution in [0.15, 0.2) is 29.6 Å². The van der Waals surface area contributed by atoms with Gasteiger partial charge in [-0.25, -0.2) is 14.4 Å². The van der Waals surface area contributed by atoms with Crippen molar-refractivity contribution >= 4 is 49.4 Å². The summed E-state index contributed by atoms with van der Waals surface area (Å²) >= 11 is 2.49. The predicted octanol–water partition coefficient (Wildman–Crippen LogP) is 3.16. The van der Waals surface area contributed by atoms with Crippen LogP contribution in [0.25, 0.3) is 20.3 Å². The lowest BCUT2D eigenvalue weighted by Gasteiger charge is -1.98. The standard InChI is InChI=1S/C12H7FN2O2S2/c13-6-2-1-3-7-9(6)10-11(19-7)12(15-5-14-10)18-4-8(16)17/h1-3,5H,4H2,(H,16,17). The van der Waals surface area contributed by atoms with Gasteiger partial charge in [0.2, 0.25) is 0 Å². The lowest BCUT2D eigenvalue weighted by atomic mass is 10.2. The van der Waals surface area contributed by atoms with Crippen LogP contribution in [-0.4, -0.2) is 26.8 Å². The van der Waals surface area contributed by atoms with Gasteiger partial charge in [0, 0.05) is 4.70 Å². The van der Waals surface area contributed by atoms with Crippen molar-refractivity contribution < 1.29 is 14.3 Å². The molecule has 0 aliphatic heterocycles. The number of carboxylic acids is 1. The van der Waals surface area contributed by atoms with Crippen LogP contribution < -0.4 is 0 Å². The number of hydrogen-bond acceptors (Lipinski definition) is 5. The molecule has 0 bridgehead atoms. The molecule has 0 fully saturated rings. The number of thiophene rings is 1. The van der Waals surface area contributed by atoms with Gasteiger partial charge in [0.15, 0.2) is 0 Å². The number of thioether (sulfide) groups is 1. The first-order valence-corrected chi connectivity index (χ1v) is 7.13. The average Bonchev–Trinajstić information content (AvgIpc) is 2.76. The minimum absolute atomic E-state index is 0.0805. The SMILES string of the molecule is O=C(O)CSc1ncnc2c1sc1cccc(F)c12. The van der Waals surface area contributed by atoms with E-state index in [1.165, 1.54) is 23.7 Å². The quantitative estimate of drug-likeness (QED) is 0.594. The first kappa shape index (κ1) is 12.3. The van der Waals surface area contributed by atoms with Gasteiger partial charge in [0.1, 0.15) is 17.2 Å². The Bertz CT molecular complexity index is 788. The Balaban J connectivity index is 2.23. The molecule has 3 aromatic rings. The summed E-state index contributed by atoms with van der Waals surface area (Å²) in [6.45, 7) is 0. The lowest BCUT2D eigenvalue weighted by molar-refractivity contribution is -0.133. The van der Waals surface area contributed by atoms with Crippen molar-refractivity contribution in [3.63, 3.8) is 0 Å². The van der Waals surface area contributed by atoms with E-state index < -0.39 is 5.97 Å². The van der Waals surface area contributed by atoms with Crippen molar-refractivity contribution in [3.8, 4) is 0 Å². The minimum Gasteiger partial charge on any atom is -0.481 e. The van der Waals surface area contributed by atoms with Gasteiger partial charge in [-0.15, -0.1) is 11.3 Å². The zero-order valence-corrected chi connectivity index (χ0v) is 11.1. The number of carbonyl (C=O) groups is 1. The van der Waals surface area contributed by atoms with E-state index in [9.17, 15) is 9.18 Å². The van der Waals surface area contributed by atoms with Crippen molar-refractivity contribution in [2.24, 2.45) is 0 Å². The fourth-order valence-electron chi connectivity index (χ4n) is 1.79. The number of halogens is 1. The maximum Gasteiger partial charge on any atom is 0.313 e. The summed E-state index contributed by atoms with van der Waals surface area (Å²) in [6.07, 6.45) is 1.34. The molecule has 2 aromatic heterocycles. The molecule has 96 valence electrons. The zero-order valence-electron chi connectivity index (χ0n) is 9.46. The van der Waals surface area contributed by atoms with Crippen molar-refractivity contribution in [2.75, 3.05) is 5.75 Å². The highest BCUT2D eigenvalue weighted by molar-refractivity contribution is 8.00. The number of carboxylic acid groups (broad SMARTS) is 1. The van der Waals surface area contributed by atoms with E-state index >= 15 is 0 Å². The summed E-state index contributed by atoms with van der Waals surface area (Å²) in [5.41, 5.74) is 0.543. The second-order valence-electron chi connectivity index (χ2n) is 3.75. The highest BCUT2D eigenvalue weighted by Crippen LogP contribution is 2.38. The lowest BCUT2D eigenvalue weighted by Crippen LogP contribution is -1.98. The van der Waals surface area contributed by atoms with Crippen LogP contribution in [0.1, 0.15) is 0 Å². The maximum atomic E-state index is 13.8. The molecule has 2 heterocycles. The van der Waals surface area contributed by atoms with E-state index in [0.29, 0.717) is 15.9 Å². The molecule has 1 aromatic carbocycles. The summed E-state index contributed by atoms with van der Waals surface area (Å²) in [6, 6.07) is 4.85. The summed E-state index contributed by atoms with van der Waals surface area (Å²) in [5, 5.41) is 9.76. The second kappa shape index (κ2) is 4.75. The molecule has 0 atom stereocenters. The number of benzene rings is 1. The number of aliphatic carboxylic acids is 1. The van der Waals surface area contributed by atoms with Crippen molar-refractivity contribution in [1.29, 1.82) is 0 Å². The third-order valence-electron chi connectivity index (χ3n) is 2.53. The zero-order chi connectivity index (χ0) is 13.4. The molecule has 7 heteroatoms. The van der Waals surface area contributed by atoms with E-state index in [-0.39, 0.29) is 11.6 Å². The van der Waals surface area contributed by atoms with Gasteiger partial charge in [0.25, 0.3) is 0 Å². The fraction of sp³-hybridized carbons (Fsp3) is 0.0833. The monoisotopic (exact) mass is 294 g/mol. The Labute approximate surface area is 115 Å². The van der Waals surface area contributed by atoms with E-state index in [2.05, 4.69) is 9.97 Å². The Morgan fingerprint density at radius 3 is 3.05 bits per heavy atom. The van der Waals surface area contributed by atoms with Gasteiger partial charge in [-0.3, -0.25) is 4.79 Å². The van der Waals surface area contributed by atoms with E-state index in [4.69, 9.17) is 5.11 Å². The number of rotatable bonds is 3. The van der Waals surface area contributed by atoms with Crippen LogP contribution >= 0.6 is 23.1 Å². The number of nitrogens with zero attached hydrogens (tertiary/aromatic N) is 2. The van der Waals surface area contributed by atoms with E-state index in [1.54, 1.807) is 6.07 Å².